The van der Waals surface area contributed by atoms with Crippen LogP contribution in [0.2, 0.25) is 5.02 Å². The van der Waals surface area contributed by atoms with Gasteiger partial charge in [0.2, 0.25) is 0 Å². The first-order valence-electron chi connectivity index (χ1n) is 6.04. The third-order valence-corrected chi connectivity index (χ3v) is 3.10. The minimum absolute atomic E-state index is 0.0752. The van der Waals surface area contributed by atoms with Gasteiger partial charge in [0.1, 0.15) is 5.69 Å². The number of halogens is 1. The van der Waals surface area contributed by atoms with Gasteiger partial charge in [0, 0.05) is 17.6 Å². The summed E-state index contributed by atoms with van der Waals surface area (Å²) in [5.74, 6) is -0.476. The minimum atomic E-state index is -0.622. The molecular formula is C14H12ClN3O3. The van der Waals surface area contributed by atoms with Crippen LogP contribution >= 0.6 is 11.6 Å². The lowest BCUT2D eigenvalue weighted by molar-refractivity contribution is -0.383. The van der Waals surface area contributed by atoms with Crippen LogP contribution in [0, 0.1) is 10.1 Å². The number of nitro benzene ring substituents is 1. The Labute approximate surface area is 125 Å². The van der Waals surface area contributed by atoms with E-state index in [-0.39, 0.29) is 23.5 Å². The molecule has 21 heavy (non-hydrogen) atoms. The van der Waals surface area contributed by atoms with Crippen LogP contribution in [0.5, 0.6) is 0 Å². The first kappa shape index (κ1) is 14.8. The summed E-state index contributed by atoms with van der Waals surface area (Å²) in [6.07, 6.45) is 0. The molecule has 6 nitrogen and oxygen atoms in total. The van der Waals surface area contributed by atoms with Crippen LogP contribution in [0.4, 0.5) is 11.4 Å². The maximum Gasteiger partial charge on any atom is 0.292 e. The summed E-state index contributed by atoms with van der Waals surface area (Å²) >= 11 is 5.85. The normalized spacial score (nSPS) is 10.1. The average Bonchev–Trinajstić information content (AvgIpc) is 2.45. The Balaban J connectivity index is 2.14. The molecule has 108 valence electrons. The van der Waals surface area contributed by atoms with E-state index in [1.807, 2.05) is 6.07 Å². The first-order valence-corrected chi connectivity index (χ1v) is 6.42. The van der Waals surface area contributed by atoms with E-state index >= 15 is 0 Å². The third-order valence-electron chi connectivity index (χ3n) is 2.87. The molecular weight excluding hydrogens is 294 g/mol. The van der Waals surface area contributed by atoms with Crippen molar-refractivity contribution in [3.63, 3.8) is 0 Å². The second-order valence-corrected chi connectivity index (χ2v) is 4.74. The molecule has 0 aliphatic carbocycles. The number of nitrogens with one attached hydrogen (secondary N) is 1. The molecule has 0 fully saturated rings. The molecule has 0 bridgehead atoms. The zero-order valence-corrected chi connectivity index (χ0v) is 11.6. The standard InChI is InChI=1S/C14H12ClN3O3/c15-10-4-1-3-9(7-10)8-17-14(19)11-5-2-6-12(13(11)16)18(20)21/h1-7H,8,16H2,(H,17,19). The number of hydrogen-bond acceptors (Lipinski definition) is 4. The molecule has 0 unspecified atom stereocenters. The Hall–Kier alpha value is -2.60. The summed E-state index contributed by atoms with van der Waals surface area (Å²) in [6.45, 7) is 0.252. The van der Waals surface area contributed by atoms with Crippen LogP contribution in [-0.4, -0.2) is 10.8 Å². The molecule has 2 rings (SSSR count). The monoisotopic (exact) mass is 305 g/mol. The zero-order chi connectivity index (χ0) is 15.4. The largest absolute Gasteiger partial charge is 0.393 e. The van der Waals surface area contributed by atoms with Crippen molar-refractivity contribution in [1.29, 1.82) is 0 Å². The van der Waals surface area contributed by atoms with E-state index < -0.39 is 10.8 Å². The summed E-state index contributed by atoms with van der Waals surface area (Å²) in [6, 6.07) is 11.1. The quantitative estimate of drug-likeness (QED) is 0.515. The van der Waals surface area contributed by atoms with Gasteiger partial charge in [-0.1, -0.05) is 29.8 Å². The first-order chi connectivity index (χ1) is 9.99. The van der Waals surface area contributed by atoms with Crippen molar-refractivity contribution in [3.05, 3.63) is 68.7 Å². The predicted octanol–water partition coefficient (Wildman–Crippen LogP) is 2.76. The van der Waals surface area contributed by atoms with Crippen LogP contribution in [0.3, 0.4) is 0 Å². The fourth-order valence-electron chi connectivity index (χ4n) is 1.83. The predicted molar refractivity (Wildman–Crippen MR) is 80.1 cm³/mol. The molecule has 0 heterocycles. The van der Waals surface area contributed by atoms with Crippen molar-refractivity contribution in [1.82, 2.24) is 5.32 Å². The maximum absolute atomic E-state index is 12.1. The molecule has 1 amide bonds. The fourth-order valence-corrected chi connectivity index (χ4v) is 2.05. The number of carbonyl (C=O) groups is 1. The van der Waals surface area contributed by atoms with Crippen LogP contribution in [-0.2, 0) is 6.54 Å². The molecule has 2 aromatic rings. The molecule has 3 N–H and O–H groups in total. The van der Waals surface area contributed by atoms with Crippen molar-refractivity contribution in [2.24, 2.45) is 0 Å². The summed E-state index contributed by atoms with van der Waals surface area (Å²) < 4.78 is 0. The molecule has 0 aliphatic rings. The van der Waals surface area contributed by atoms with E-state index in [9.17, 15) is 14.9 Å². The number of rotatable bonds is 4. The van der Waals surface area contributed by atoms with Gasteiger partial charge in [0.25, 0.3) is 11.6 Å². The number of nitro groups is 1. The summed E-state index contributed by atoms with van der Waals surface area (Å²) in [5.41, 5.74) is 6.12. The summed E-state index contributed by atoms with van der Waals surface area (Å²) in [5, 5.41) is 14.0. The molecule has 7 heteroatoms. The maximum atomic E-state index is 12.1. The highest BCUT2D eigenvalue weighted by Gasteiger charge is 2.18. The van der Waals surface area contributed by atoms with Gasteiger partial charge >= 0.3 is 0 Å². The number of amides is 1. The van der Waals surface area contributed by atoms with Crippen molar-refractivity contribution in [2.45, 2.75) is 6.54 Å². The van der Waals surface area contributed by atoms with E-state index in [1.54, 1.807) is 18.2 Å². The van der Waals surface area contributed by atoms with Crippen molar-refractivity contribution < 1.29 is 9.72 Å². The highest BCUT2D eigenvalue weighted by molar-refractivity contribution is 6.30. The summed E-state index contributed by atoms with van der Waals surface area (Å²) in [4.78, 5) is 22.2. The number of hydrogen-bond donors (Lipinski definition) is 2. The van der Waals surface area contributed by atoms with E-state index in [0.29, 0.717) is 5.02 Å². The number of nitrogens with zero attached hydrogens (tertiary/aromatic N) is 1. The van der Waals surface area contributed by atoms with Crippen molar-refractivity contribution in [2.75, 3.05) is 5.73 Å². The van der Waals surface area contributed by atoms with Gasteiger partial charge in [-0.05, 0) is 23.8 Å². The van der Waals surface area contributed by atoms with E-state index in [2.05, 4.69) is 5.32 Å². The van der Waals surface area contributed by atoms with Gasteiger partial charge in [-0.3, -0.25) is 14.9 Å². The highest BCUT2D eigenvalue weighted by Crippen LogP contribution is 2.24. The van der Waals surface area contributed by atoms with Crippen molar-refractivity contribution >= 4 is 28.9 Å². The fraction of sp³-hybridized carbons (Fsp3) is 0.0714. The number of anilines is 1. The highest BCUT2D eigenvalue weighted by atomic mass is 35.5. The molecule has 0 radical (unpaired) electrons. The van der Waals surface area contributed by atoms with Gasteiger partial charge in [-0.15, -0.1) is 0 Å². The SMILES string of the molecule is Nc1c(C(=O)NCc2cccc(Cl)c2)cccc1[N+](=O)[O-]. The van der Waals surface area contributed by atoms with E-state index in [1.165, 1.54) is 18.2 Å². The van der Waals surface area contributed by atoms with Crippen LogP contribution < -0.4 is 11.1 Å². The average molecular weight is 306 g/mol. The van der Waals surface area contributed by atoms with Crippen LogP contribution in [0.25, 0.3) is 0 Å². The van der Waals surface area contributed by atoms with Gasteiger partial charge in [-0.25, -0.2) is 0 Å². The molecule has 0 saturated heterocycles. The number of nitrogens with two attached hydrogens (primary N) is 1. The minimum Gasteiger partial charge on any atom is -0.393 e. The molecule has 2 aromatic carbocycles. The van der Waals surface area contributed by atoms with E-state index in [4.69, 9.17) is 17.3 Å². The smallest absolute Gasteiger partial charge is 0.292 e. The number of benzene rings is 2. The Bertz CT molecular complexity index is 704. The second kappa shape index (κ2) is 6.23. The Morgan fingerprint density at radius 3 is 2.67 bits per heavy atom. The van der Waals surface area contributed by atoms with Gasteiger partial charge < -0.3 is 11.1 Å². The van der Waals surface area contributed by atoms with Gasteiger partial charge in [0.05, 0.1) is 10.5 Å². The summed E-state index contributed by atoms with van der Waals surface area (Å²) in [7, 11) is 0. The Kier molecular flexibility index (Phi) is 4.39. The van der Waals surface area contributed by atoms with Crippen LogP contribution in [0.15, 0.2) is 42.5 Å². The van der Waals surface area contributed by atoms with Gasteiger partial charge in [-0.2, -0.15) is 0 Å². The number of para-hydroxylation sites is 1. The third kappa shape index (κ3) is 3.49. The van der Waals surface area contributed by atoms with Gasteiger partial charge in [0.15, 0.2) is 0 Å². The Morgan fingerprint density at radius 2 is 2.00 bits per heavy atom. The lowest BCUT2D eigenvalue weighted by atomic mass is 10.1. The Morgan fingerprint density at radius 1 is 1.29 bits per heavy atom. The zero-order valence-electron chi connectivity index (χ0n) is 10.9. The molecule has 0 atom stereocenters. The molecule has 0 aliphatic heterocycles. The van der Waals surface area contributed by atoms with E-state index in [0.717, 1.165) is 5.56 Å². The molecule has 0 spiro atoms. The lowest BCUT2D eigenvalue weighted by Gasteiger charge is -2.08. The van der Waals surface area contributed by atoms with Crippen LogP contribution in [0.1, 0.15) is 15.9 Å². The molecule has 0 saturated carbocycles. The topological polar surface area (TPSA) is 98.3 Å². The molecule has 0 aromatic heterocycles. The second-order valence-electron chi connectivity index (χ2n) is 4.31. The lowest BCUT2D eigenvalue weighted by Crippen LogP contribution is -2.24. The van der Waals surface area contributed by atoms with Crippen molar-refractivity contribution in [3.8, 4) is 0 Å². The number of nitrogen functional groups attached to an aromatic ring is 1. The number of carbonyl (C=O) groups excluding carboxylic acids is 1.